The van der Waals surface area contributed by atoms with E-state index in [2.05, 4.69) is 5.32 Å². The number of piperidine rings is 1. The van der Waals surface area contributed by atoms with Crippen molar-refractivity contribution in [3.05, 3.63) is 11.6 Å². The summed E-state index contributed by atoms with van der Waals surface area (Å²) in [6, 6.07) is 0. The fourth-order valence-electron chi connectivity index (χ4n) is 1.08. The van der Waals surface area contributed by atoms with Crippen LogP contribution in [0.25, 0.3) is 0 Å². The monoisotopic (exact) mass is 153 g/mol. The van der Waals surface area contributed by atoms with Crippen molar-refractivity contribution in [1.82, 2.24) is 5.32 Å². The summed E-state index contributed by atoms with van der Waals surface area (Å²) in [6.07, 6.45) is 2.32. The van der Waals surface area contributed by atoms with Crippen LogP contribution in [0.5, 0.6) is 0 Å². The second kappa shape index (κ2) is 2.86. The maximum atomic E-state index is 11.0. The highest BCUT2D eigenvalue weighted by atomic mass is 16.2. The molecule has 0 aromatic carbocycles. The van der Waals surface area contributed by atoms with Crippen molar-refractivity contribution in [3.63, 3.8) is 0 Å². The van der Waals surface area contributed by atoms with Crippen molar-refractivity contribution in [3.8, 4) is 0 Å². The van der Waals surface area contributed by atoms with Crippen LogP contribution in [-0.4, -0.2) is 11.8 Å². The van der Waals surface area contributed by atoms with Gasteiger partial charge in [0.15, 0.2) is 0 Å². The number of allylic oxidation sites excluding steroid dienone is 1. The van der Waals surface area contributed by atoms with Gasteiger partial charge in [0.2, 0.25) is 5.91 Å². The molecule has 0 aromatic heterocycles. The molecular formula is C8H11NO2. The van der Waals surface area contributed by atoms with E-state index in [9.17, 15) is 9.59 Å². The van der Waals surface area contributed by atoms with Crippen LogP contribution in [0, 0.1) is 5.92 Å². The fourth-order valence-corrected chi connectivity index (χ4v) is 1.08. The number of hydrogen-bond donors (Lipinski definition) is 1. The van der Waals surface area contributed by atoms with Gasteiger partial charge < -0.3 is 0 Å². The highest BCUT2D eigenvalue weighted by Crippen LogP contribution is 2.16. The Morgan fingerprint density at radius 3 is 2.73 bits per heavy atom. The zero-order valence-electron chi connectivity index (χ0n) is 6.68. The van der Waals surface area contributed by atoms with Crippen LogP contribution in [0.2, 0.25) is 0 Å². The quantitative estimate of drug-likeness (QED) is 0.409. The lowest BCUT2D eigenvalue weighted by atomic mass is 9.96. The van der Waals surface area contributed by atoms with Crippen LogP contribution < -0.4 is 5.32 Å². The number of hydrogen-bond acceptors (Lipinski definition) is 2. The van der Waals surface area contributed by atoms with E-state index in [1.165, 1.54) is 0 Å². The molecule has 3 nitrogen and oxygen atoms in total. The van der Waals surface area contributed by atoms with E-state index in [-0.39, 0.29) is 17.7 Å². The normalized spacial score (nSPS) is 28.9. The zero-order valence-corrected chi connectivity index (χ0v) is 6.68. The van der Waals surface area contributed by atoms with Gasteiger partial charge in [-0.15, -0.1) is 0 Å². The Balaban J connectivity index is 2.78. The molecule has 60 valence electrons. The third kappa shape index (κ3) is 1.48. The minimum Gasteiger partial charge on any atom is -0.292 e. The van der Waals surface area contributed by atoms with Crippen LogP contribution in [0.15, 0.2) is 11.6 Å². The molecule has 1 rings (SSSR count). The Hall–Kier alpha value is -1.12. The van der Waals surface area contributed by atoms with E-state index in [1.54, 1.807) is 13.0 Å². The number of rotatable bonds is 0. The maximum absolute atomic E-state index is 11.0. The smallest absolute Gasteiger partial charge is 0.253 e. The summed E-state index contributed by atoms with van der Waals surface area (Å²) in [7, 11) is 0. The lowest BCUT2D eigenvalue weighted by molar-refractivity contribution is -0.133. The summed E-state index contributed by atoms with van der Waals surface area (Å²) < 4.78 is 0. The number of amides is 2. The Labute approximate surface area is 65.5 Å². The van der Waals surface area contributed by atoms with E-state index in [0.717, 1.165) is 0 Å². The standard InChI is InChI=1S/C8H11NO2/c1-3-6-4-5(2)7(10)9-8(6)11/h3,5H,4H2,1-2H3,(H,9,10,11)/b6-3+. The first-order valence-corrected chi connectivity index (χ1v) is 3.65. The molecule has 1 N–H and O–H groups in total. The average Bonchev–Trinajstić information content (AvgIpc) is 1.97. The van der Waals surface area contributed by atoms with Crippen LogP contribution >= 0.6 is 0 Å². The van der Waals surface area contributed by atoms with Gasteiger partial charge in [-0.2, -0.15) is 0 Å². The second-order valence-corrected chi connectivity index (χ2v) is 2.74. The predicted molar refractivity (Wildman–Crippen MR) is 40.7 cm³/mol. The van der Waals surface area contributed by atoms with Crippen molar-refractivity contribution in [2.75, 3.05) is 0 Å². The highest BCUT2D eigenvalue weighted by Gasteiger charge is 2.25. The van der Waals surface area contributed by atoms with E-state index in [0.29, 0.717) is 12.0 Å². The number of imide groups is 1. The third-order valence-electron chi connectivity index (χ3n) is 1.85. The Bertz CT molecular complexity index is 230. The summed E-state index contributed by atoms with van der Waals surface area (Å²) in [5.41, 5.74) is 0.706. The summed E-state index contributed by atoms with van der Waals surface area (Å²) in [4.78, 5) is 21.9. The fraction of sp³-hybridized carbons (Fsp3) is 0.500. The highest BCUT2D eigenvalue weighted by molar-refractivity contribution is 6.07. The minimum atomic E-state index is -0.240. The van der Waals surface area contributed by atoms with Gasteiger partial charge in [-0.25, -0.2) is 0 Å². The van der Waals surface area contributed by atoms with E-state index in [4.69, 9.17) is 0 Å². The van der Waals surface area contributed by atoms with Crippen LogP contribution in [0.3, 0.4) is 0 Å². The van der Waals surface area contributed by atoms with Gasteiger partial charge in [-0.3, -0.25) is 14.9 Å². The predicted octanol–water partition coefficient (Wildman–Crippen LogP) is 0.615. The van der Waals surface area contributed by atoms with E-state index >= 15 is 0 Å². The van der Waals surface area contributed by atoms with Gasteiger partial charge in [-0.05, 0) is 13.3 Å². The summed E-state index contributed by atoms with van der Waals surface area (Å²) in [6.45, 7) is 3.61. The molecule has 0 saturated carbocycles. The van der Waals surface area contributed by atoms with Crippen molar-refractivity contribution < 1.29 is 9.59 Å². The SMILES string of the molecule is C/C=C1\CC(C)C(=O)NC1=O. The summed E-state index contributed by atoms with van der Waals surface area (Å²) >= 11 is 0. The van der Waals surface area contributed by atoms with E-state index < -0.39 is 0 Å². The average molecular weight is 153 g/mol. The van der Waals surface area contributed by atoms with Crippen LogP contribution in [0.1, 0.15) is 20.3 Å². The molecular weight excluding hydrogens is 142 g/mol. The van der Waals surface area contributed by atoms with Crippen molar-refractivity contribution in [2.24, 2.45) is 5.92 Å². The first-order valence-electron chi connectivity index (χ1n) is 3.65. The van der Waals surface area contributed by atoms with Crippen LogP contribution in [0.4, 0.5) is 0 Å². The molecule has 0 bridgehead atoms. The molecule has 0 radical (unpaired) electrons. The van der Waals surface area contributed by atoms with Gasteiger partial charge in [0.05, 0.1) is 0 Å². The Morgan fingerprint density at radius 2 is 2.18 bits per heavy atom. The van der Waals surface area contributed by atoms with E-state index in [1.807, 2.05) is 6.92 Å². The maximum Gasteiger partial charge on any atom is 0.253 e. The van der Waals surface area contributed by atoms with Gasteiger partial charge in [0.25, 0.3) is 5.91 Å². The van der Waals surface area contributed by atoms with Gasteiger partial charge in [0.1, 0.15) is 0 Å². The molecule has 0 spiro atoms. The molecule has 1 saturated heterocycles. The van der Waals surface area contributed by atoms with Crippen molar-refractivity contribution in [1.29, 1.82) is 0 Å². The largest absolute Gasteiger partial charge is 0.292 e. The summed E-state index contributed by atoms with van der Waals surface area (Å²) in [5, 5.41) is 2.28. The molecule has 1 aliphatic rings. The molecule has 2 amide bonds. The molecule has 1 aliphatic heterocycles. The third-order valence-corrected chi connectivity index (χ3v) is 1.85. The van der Waals surface area contributed by atoms with Gasteiger partial charge in [-0.1, -0.05) is 13.0 Å². The molecule has 1 heterocycles. The zero-order chi connectivity index (χ0) is 8.43. The lowest BCUT2D eigenvalue weighted by Crippen LogP contribution is -2.41. The lowest BCUT2D eigenvalue weighted by Gasteiger charge is -2.18. The first-order chi connectivity index (χ1) is 5.15. The Kier molecular flexibility index (Phi) is 2.08. The molecule has 0 aromatic rings. The molecule has 1 unspecified atom stereocenters. The number of carbonyl (C=O) groups excluding carboxylic acids is 2. The Morgan fingerprint density at radius 1 is 1.55 bits per heavy atom. The minimum absolute atomic E-state index is 0.0705. The van der Waals surface area contributed by atoms with Gasteiger partial charge in [0, 0.05) is 11.5 Å². The van der Waals surface area contributed by atoms with Crippen molar-refractivity contribution in [2.45, 2.75) is 20.3 Å². The van der Waals surface area contributed by atoms with Crippen molar-refractivity contribution >= 4 is 11.8 Å². The number of carbonyl (C=O) groups is 2. The molecule has 3 heteroatoms. The first kappa shape index (κ1) is 7.98. The van der Waals surface area contributed by atoms with Gasteiger partial charge >= 0.3 is 0 Å². The topological polar surface area (TPSA) is 46.2 Å². The molecule has 0 aliphatic carbocycles. The van der Waals surface area contributed by atoms with Crippen LogP contribution in [-0.2, 0) is 9.59 Å². The molecule has 1 fully saturated rings. The molecule has 11 heavy (non-hydrogen) atoms. The second-order valence-electron chi connectivity index (χ2n) is 2.74. The summed E-state index contributed by atoms with van der Waals surface area (Å²) in [5.74, 6) is -0.477. The number of nitrogens with one attached hydrogen (secondary N) is 1. The molecule has 1 atom stereocenters.